The largest absolute Gasteiger partial charge is 0.382 e. The molecule has 0 atom stereocenters. The molecular formula is C10H14ClN3O5S. The number of ether oxygens (including phenoxy) is 1. The molecule has 0 heterocycles. The Balaban J connectivity index is 2.34. The van der Waals surface area contributed by atoms with Gasteiger partial charge < -0.3 is 10.1 Å². The Labute approximate surface area is 121 Å². The van der Waals surface area contributed by atoms with Gasteiger partial charge in [-0.1, -0.05) is 11.6 Å². The molecule has 0 saturated carbocycles. The molecule has 0 aliphatic heterocycles. The average Bonchev–Trinajstić information content (AvgIpc) is 2.33. The van der Waals surface area contributed by atoms with Crippen molar-refractivity contribution in [2.24, 2.45) is 5.14 Å². The van der Waals surface area contributed by atoms with Crippen molar-refractivity contribution in [3.05, 3.63) is 33.3 Å². The summed E-state index contributed by atoms with van der Waals surface area (Å²) in [6.07, 6.45) is 0. The Morgan fingerprint density at radius 2 is 2.10 bits per heavy atom. The lowest BCUT2D eigenvalue weighted by atomic mass is 10.3. The van der Waals surface area contributed by atoms with Crippen LogP contribution >= 0.6 is 11.6 Å². The van der Waals surface area contributed by atoms with Crippen LogP contribution in [0.5, 0.6) is 0 Å². The summed E-state index contributed by atoms with van der Waals surface area (Å²) in [7, 11) is -3.51. The van der Waals surface area contributed by atoms with E-state index in [9.17, 15) is 18.5 Å². The standard InChI is InChI=1S/C10H14ClN3O5S/c11-9-7-8(14(15)16)1-2-10(9)13-3-4-19-5-6-20(12,17)18/h1-2,7,13H,3-6H2,(H2,12,17,18). The zero-order valence-electron chi connectivity index (χ0n) is 10.4. The molecule has 1 aromatic carbocycles. The number of halogens is 1. The molecule has 0 saturated heterocycles. The summed E-state index contributed by atoms with van der Waals surface area (Å²) in [5.74, 6) is -0.245. The van der Waals surface area contributed by atoms with E-state index in [0.717, 1.165) is 0 Å². The lowest BCUT2D eigenvalue weighted by molar-refractivity contribution is -0.384. The summed E-state index contributed by atoms with van der Waals surface area (Å²) >= 11 is 5.87. The van der Waals surface area contributed by atoms with Crippen molar-refractivity contribution < 1.29 is 18.1 Å². The van der Waals surface area contributed by atoms with E-state index in [1.807, 2.05) is 0 Å². The molecule has 0 bridgehead atoms. The van der Waals surface area contributed by atoms with Crippen molar-refractivity contribution in [3.63, 3.8) is 0 Å². The number of benzene rings is 1. The van der Waals surface area contributed by atoms with Gasteiger partial charge in [-0.25, -0.2) is 13.6 Å². The molecule has 0 aliphatic carbocycles. The van der Waals surface area contributed by atoms with Gasteiger partial charge in [-0.3, -0.25) is 10.1 Å². The van der Waals surface area contributed by atoms with Crippen molar-refractivity contribution in [1.29, 1.82) is 0 Å². The number of primary sulfonamides is 1. The third kappa shape index (κ3) is 6.15. The van der Waals surface area contributed by atoms with E-state index in [-0.39, 0.29) is 29.7 Å². The van der Waals surface area contributed by atoms with Gasteiger partial charge in [-0.2, -0.15) is 0 Å². The molecule has 112 valence electrons. The van der Waals surface area contributed by atoms with Gasteiger partial charge in [-0.15, -0.1) is 0 Å². The first kappa shape index (κ1) is 16.6. The van der Waals surface area contributed by atoms with E-state index < -0.39 is 14.9 Å². The second-order valence-corrected chi connectivity index (χ2v) is 5.97. The van der Waals surface area contributed by atoms with Crippen LogP contribution < -0.4 is 10.5 Å². The minimum Gasteiger partial charge on any atom is -0.382 e. The molecule has 8 nitrogen and oxygen atoms in total. The summed E-state index contributed by atoms with van der Waals surface area (Å²) in [6.45, 7) is 0.638. The highest BCUT2D eigenvalue weighted by atomic mass is 35.5. The van der Waals surface area contributed by atoms with Crippen molar-refractivity contribution in [3.8, 4) is 0 Å². The maximum atomic E-state index is 10.6. The Morgan fingerprint density at radius 3 is 2.65 bits per heavy atom. The normalized spacial score (nSPS) is 11.3. The Bertz CT molecular complexity index is 578. The number of sulfonamides is 1. The lowest BCUT2D eigenvalue weighted by Gasteiger charge is -2.08. The zero-order valence-corrected chi connectivity index (χ0v) is 12.0. The maximum absolute atomic E-state index is 10.6. The zero-order chi connectivity index (χ0) is 15.2. The first-order chi connectivity index (χ1) is 9.29. The van der Waals surface area contributed by atoms with E-state index in [1.165, 1.54) is 18.2 Å². The van der Waals surface area contributed by atoms with Crippen molar-refractivity contribution in [2.75, 3.05) is 30.8 Å². The first-order valence-corrected chi connectivity index (χ1v) is 7.65. The quantitative estimate of drug-likeness (QED) is 0.417. The van der Waals surface area contributed by atoms with Crippen LogP contribution in [0.1, 0.15) is 0 Å². The fourth-order valence-electron chi connectivity index (χ4n) is 1.30. The monoisotopic (exact) mass is 323 g/mol. The molecule has 0 radical (unpaired) electrons. The van der Waals surface area contributed by atoms with Crippen molar-refractivity contribution in [1.82, 2.24) is 0 Å². The summed E-state index contributed by atoms with van der Waals surface area (Å²) in [5, 5.41) is 18.5. The molecule has 1 aromatic rings. The average molecular weight is 324 g/mol. The predicted octanol–water partition coefficient (Wildman–Crippen LogP) is 0.965. The molecule has 0 unspecified atom stereocenters. The van der Waals surface area contributed by atoms with Crippen LogP contribution in [0, 0.1) is 10.1 Å². The number of nitrogens with two attached hydrogens (primary N) is 1. The Kier molecular flexibility index (Phi) is 6.14. The van der Waals surface area contributed by atoms with Crippen LogP contribution in [0.3, 0.4) is 0 Å². The molecule has 1 rings (SSSR count). The molecule has 0 spiro atoms. The van der Waals surface area contributed by atoms with E-state index in [2.05, 4.69) is 5.32 Å². The van der Waals surface area contributed by atoms with E-state index >= 15 is 0 Å². The SMILES string of the molecule is NS(=O)(=O)CCOCCNc1ccc([N+](=O)[O-])cc1Cl. The molecule has 0 aromatic heterocycles. The highest BCUT2D eigenvalue weighted by molar-refractivity contribution is 7.89. The van der Waals surface area contributed by atoms with Crippen LogP contribution in [-0.4, -0.2) is 38.9 Å². The number of nitrogens with one attached hydrogen (secondary N) is 1. The van der Waals surface area contributed by atoms with Gasteiger partial charge >= 0.3 is 0 Å². The molecule has 0 aliphatic rings. The molecule has 0 amide bonds. The highest BCUT2D eigenvalue weighted by Crippen LogP contribution is 2.26. The Hall–Kier alpha value is -1.42. The van der Waals surface area contributed by atoms with Crippen LogP contribution in [0.25, 0.3) is 0 Å². The summed E-state index contributed by atoms with van der Waals surface area (Å²) in [5.41, 5.74) is 0.442. The van der Waals surface area contributed by atoms with Gasteiger partial charge in [0.25, 0.3) is 5.69 Å². The number of anilines is 1. The second-order valence-electron chi connectivity index (χ2n) is 3.83. The topological polar surface area (TPSA) is 125 Å². The number of nitrogens with zero attached hydrogens (tertiary/aromatic N) is 1. The fourth-order valence-corrected chi connectivity index (χ4v) is 1.89. The summed E-state index contributed by atoms with van der Waals surface area (Å²) in [4.78, 5) is 9.99. The maximum Gasteiger partial charge on any atom is 0.271 e. The van der Waals surface area contributed by atoms with E-state index in [0.29, 0.717) is 12.2 Å². The molecule has 10 heteroatoms. The number of non-ortho nitro benzene ring substituents is 1. The first-order valence-electron chi connectivity index (χ1n) is 5.55. The number of hydrogen-bond donors (Lipinski definition) is 2. The summed E-state index contributed by atoms with van der Waals surface area (Å²) < 4.78 is 26.3. The van der Waals surface area contributed by atoms with E-state index in [1.54, 1.807) is 0 Å². The molecule has 0 fully saturated rings. The van der Waals surface area contributed by atoms with Gasteiger partial charge in [0, 0.05) is 18.7 Å². The third-order valence-electron chi connectivity index (χ3n) is 2.24. The minimum absolute atomic E-state index is 0.00844. The number of nitro benzene ring substituents is 1. The summed E-state index contributed by atoms with van der Waals surface area (Å²) in [6, 6.07) is 4.06. The van der Waals surface area contributed by atoms with Gasteiger partial charge in [0.05, 0.1) is 34.6 Å². The Morgan fingerprint density at radius 1 is 1.40 bits per heavy atom. The van der Waals surface area contributed by atoms with Gasteiger partial charge in [-0.05, 0) is 6.07 Å². The lowest BCUT2D eigenvalue weighted by Crippen LogP contribution is -2.21. The van der Waals surface area contributed by atoms with Crippen molar-refractivity contribution in [2.45, 2.75) is 0 Å². The van der Waals surface area contributed by atoms with Crippen LogP contribution in [0.15, 0.2) is 18.2 Å². The second kappa shape index (κ2) is 7.39. The third-order valence-corrected chi connectivity index (χ3v) is 3.29. The molecule has 20 heavy (non-hydrogen) atoms. The van der Waals surface area contributed by atoms with Crippen molar-refractivity contribution >= 4 is 33.0 Å². The number of nitro groups is 1. The fraction of sp³-hybridized carbons (Fsp3) is 0.400. The number of rotatable bonds is 8. The van der Waals surface area contributed by atoms with Crippen LogP contribution in [0.4, 0.5) is 11.4 Å². The molecule has 3 N–H and O–H groups in total. The van der Waals surface area contributed by atoms with Crippen LogP contribution in [0.2, 0.25) is 5.02 Å². The minimum atomic E-state index is -3.51. The highest BCUT2D eigenvalue weighted by Gasteiger charge is 2.08. The predicted molar refractivity (Wildman–Crippen MR) is 75.4 cm³/mol. The van der Waals surface area contributed by atoms with E-state index in [4.69, 9.17) is 21.5 Å². The smallest absolute Gasteiger partial charge is 0.271 e. The van der Waals surface area contributed by atoms with Gasteiger partial charge in [0.2, 0.25) is 10.0 Å². The van der Waals surface area contributed by atoms with Gasteiger partial charge in [0.1, 0.15) is 0 Å². The van der Waals surface area contributed by atoms with Crippen LogP contribution in [-0.2, 0) is 14.8 Å². The van der Waals surface area contributed by atoms with Gasteiger partial charge in [0.15, 0.2) is 0 Å². The number of hydrogen-bond acceptors (Lipinski definition) is 6. The molecular weight excluding hydrogens is 310 g/mol.